The van der Waals surface area contributed by atoms with E-state index in [1.165, 1.54) is 34.8 Å². The van der Waals surface area contributed by atoms with Crippen LogP contribution in [0.15, 0.2) is 47.2 Å². The zero-order valence-corrected chi connectivity index (χ0v) is 18.4. The van der Waals surface area contributed by atoms with Gasteiger partial charge in [0.25, 0.3) is 0 Å². The van der Waals surface area contributed by atoms with Gasteiger partial charge in [0.15, 0.2) is 5.13 Å². The lowest BCUT2D eigenvalue weighted by Gasteiger charge is -2.25. The Morgan fingerprint density at radius 2 is 1.97 bits per heavy atom. The zero-order chi connectivity index (χ0) is 21.5. The third-order valence-electron chi connectivity index (χ3n) is 4.40. The molecule has 0 aliphatic carbocycles. The lowest BCUT2D eigenvalue weighted by Crippen LogP contribution is -2.35. The number of halogens is 1. The third kappa shape index (κ3) is 6.45. The van der Waals surface area contributed by atoms with Crippen LogP contribution in [0.25, 0.3) is 0 Å². The van der Waals surface area contributed by atoms with Gasteiger partial charge in [-0.15, -0.1) is 22.7 Å². The average Bonchev–Trinajstić information content (AvgIpc) is 3.34. The molecule has 1 atom stereocenters. The molecule has 9 heteroatoms. The molecule has 30 heavy (non-hydrogen) atoms. The van der Waals surface area contributed by atoms with E-state index in [0.717, 1.165) is 10.4 Å². The number of likely N-dealkylation sites (N-methyl/N-ethyl adjacent to an activating group) is 1. The number of hydrogen-bond donors (Lipinski definition) is 2. The molecule has 0 aliphatic heterocycles. The molecule has 3 rings (SSSR count). The van der Waals surface area contributed by atoms with Gasteiger partial charge in [0.05, 0.1) is 24.6 Å². The van der Waals surface area contributed by atoms with Crippen molar-refractivity contribution in [1.82, 2.24) is 15.2 Å². The number of carbonyl (C=O) groups is 2. The van der Waals surface area contributed by atoms with E-state index in [-0.39, 0.29) is 30.1 Å². The largest absolute Gasteiger partial charge is 0.354 e. The molecule has 0 spiro atoms. The highest BCUT2D eigenvalue weighted by Gasteiger charge is 2.17. The van der Waals surface area contributed by atoms with Crippen LogP contribution in [0.2, 0.25) is 0 Å². The van der Waals surface area contributed by atoms with Gasteiger partial charge < -0.3 is 15.5 Å². The maximum absolute atomic E-state index is 13.5. The van der Waals surface area contributed by atoms with E-state index < -0.39 is 0 Å². The molecule has 158 valence electrons. The minimum atomic E-state index is -0.304. The number of carbonyl (C=O) groups excluding carboxylic acids is 2. The van der Waals surface area contributed by atoms with Crippen molar-refractivity contribution in [3.05, 3.63) is 69.1 Å². The van der Waals surface area contributed by atoms with Gasteiger partial charge >= 0.3 is 0 Å². The summed E-state index contributed by atoms with van der Waals surface area (Å²) in [5, 5.41) is 9.82. The van der Waals surface area contributed by atoms with Crippen LogP contribution in [0.3, 0.4) is 0 Å². The van der Waals surface area contributed by atoms with Crippen molar-refractivity contribution in [2.45, 2.75) is 18.9 Å². The number of rotatable bonds is 9. The Morgan fingerprint density at radius 1 is 1.13 bits per heavy atom. The Kier molecular flexibility index (Phi) is 7.67. The predicted octanol–water partition coefficient (Wildman–Crippen LogP) is 3.49. The Morgan fingerprint density at radius 3 is 2.67 bits per heavy atom. The van der Waals surface area contributed by atoms with Gasteiger partial charge in [0.2, 0.25) is 11.8 Å². The number of anilines is 1. The van der Waals surface area contributed by atoms with E-state index in [2.05, 4.69) is 15.6 Å². The van der Waals surface area contributed by atoms with Crippen LogP contribution >= 0.6 is 22.7 Å². The highest BCUT2D eigenvalue weighted by atomic mass is 32.1. The maximum atomic E-state index is 13.5. The van der Waals surface area contributed by atoms with Gasteiger partial charge in [-0.2, -0.15) is 0 Å². The second kappa shape index (κ2) is 10.4. The van der Waals surface area contributed by atoms with E-state index in [0.29, 0.717) is 23.8 Å². The molecule has 1 aromatic carbocycles. The number of benzene rings is 1. The SMILES string of the molecule is CN(C)C(CNC(=O)Cc1csc(NC(=O)Cc2cccs2)n1)c1cccc(F)c1. The van der Waals surface area contributed by atoms with E-state index in [4.69, 9.17) is 0 Å². The number of nitrogens with zero attached hydrogens (tertiary/aromatic N) is 2. The van der Waals surface area contributed by atoms with Crippen molar-refractivity contribution in [3.63, 3.8) is 0 Å². The molecule has 2 heterocycles. The standard InChI is InChI=1S/C21H23FN4O2S2/c1-26(2)18(14-5-3-6-15(22)9-14)12-23-19(27)10-16-13-30-21(24-16)25-20(28)11-17-7-4-8-29-17/h3-9,13,18H,10-12H2,1-2H3,(H,23,27)(H,24,25,28). The summed E-state index contributed by atoms with van der Waals surface area (Å²) in [6.45, 7) is 0.351. The van der Waals surface area contributed by atoms with Gasteiger partial charge in [0, 0.05) is 16.8 Å². The number of amides is 2. The quantitative estimate of drug-likeness (QED) is 0.528. The summed E-state index contributed by atoms with van der Waals surface area (Å²) in [6.07, 6.45) is 0.416. The van der Waals surface area contributed by atoms with Crippen LogP contribution in [0.4, 0.5) is 9.52 Å². The van der Waals surface area contributed by atoms with Gasteiger partial charge in [-0.1, -0.05) is 18.2 Å². The number of thiazole rings is 1. The van der Waals surface area contributed by atoms with Crippen LogP contribution < -0.4 is 10.6 Å². The molecule has 1 unspecified atom stereocenters. The van der Waals surface area contributed by atoms with Gasteiger partial charge in [-0.05, 0) is 43.2 Å². The molecule has 0 saturated heterocycles. The van der Waals surface area contributed by atoms with Crippen molar-refractivity contribution in [3.8, 4) is 0 Å². The van der Waals surface area contributed by atoms with Crippen LogP contribution in [0.1, 0.15) is 22.2 Å². The van der Waals surface area contributed by atoms with E-state index in [1.54, 1.807) is 11.4 Å². The molecule has 0 aliphatic rings. The first-order valence-electron chi connectivity index (χ1n) is 9.36. The molecule has 3 aromatic rings. The molecule has 0 saturated carbocycles. The summed E-state index contributed by atoms with van der Waals surface area (Å²) in [6, 6.07) is 10.0. The number of hydrogen-bond acceptors (Lipinski definition) is 6. The number of aromatic nitrogens is 1. The Labute approximate surface area is 182 Å². The molecule has 0 fully saturated rings. The first kappa shape index (κ1) is 22.1. The first-order chi connectivity index (χ1) is 14.4. The topological polar surface area (TPSA) is 74.3 Å². The fraction of sp³-hybridized carbons (Fsp3) is 0.286. The molecule has 6 nitrogen and oxygen atoms in total. The average molecular weight is 447 g/mol. The molecular weight excluding hydrogens is 423 g/mol. The number of nitrogens with one attached hydrogen (secondary N) is 2. The summed E-state index contributed by atoms with van der Waals surface area (Å²) >= 11 is 2.82. The molecule has 2 N–H and O–H groups in total. The zero-order valence-electron chi connectivity index (χ0n) is 16.7. The lowest BCUT2D eigenvalue weighted by molar-refractivity contribution is -0.120. The van der Waals surface area contributed by atoms with E-state index >= 15 is 0 Å². The molecular formula is C21H23FN4O2S2. The monoisotopic (exact) mass is 446 g/mol. The summed E-state index contributed by atoms with van der Waals surface area (Å²) in [5.41, 5.74) is 1.39. The summed E-state index contributed by atoms with van der Waals surface area (Å²) in [4.78, 5) is 31.7. The van der Waals surface area contributed by atoms with Crippen molar-refractivity contribution >= 4 is 39.6 Å². The summed E-state index contributed by atoms with van der Waals surface area (Å²) in [5.74, 6) is -0.617. The normalized spacial score (nSPS) is 12.0. The minimum absolute atomic E-state index is 0.112. The van der Waals surface area contributed by atoms with Gasteiger partial charge in [0.1, 0.15) is 5.82 Å². The second-order valence-electron chi connectivity index (χ2n) is 6.96. The van der Waals surface area contributed by atoms with Crippen molar-refractivity contribution in [2.75, 3.05) is 26.0 Å². The maximum Gasteiger partial charge on any atom is 0.231 e. The Balaban J connectivity index is 1.50. The van der Waals surface area contributed by atoms with E-state index in [1.807, 2.05) is 42.6 Å². The van der Waals surface area contributed by atoms with Gasteiger partial charge in [-0.3, -0.25) is 9.59 Å². The van der Waals surface area contributed by atoms with Crippen molar-refractivity contribution in [1.29, 1.82) is 0 Å². The fourth-order valence-electron chi connectivity index (χ4n) is 2.93. The minimum Gasteiger partial charge on any atom is -0.354 e. The number of thiophene rings is 1. The van der Waals surface area contributed by atoms with Crippen LogP contribution in [0, 0.1) is 5.82 Å². The smallest absolute Gasteiger partial charge is 0.231 e. The fourth-order valence-corrected chi connectivity index (χ4v) is 4.36. The van der Waals surface area contributed by atoms with E-state index in [9.17, 15) is 14.0 Å². The molecule has 2 aromatic heterocycles. The molecule has 0 radical (unpaired) electrons. The molecule has 0 bridgehead atoms. The van der Waals surface area contributed by atoms with Crippen LogP contribution in [-0.4, -0.2) is 42.3 Å². The predicted molar refractivity (Wildman–Crippen MR) is 118 cm³/mol. The summed E-state index contributed by atoms with van der Waals surface area (Å²) < 4.78 is 13.5. The van der Waals surface area contributed by atoms with Crippen LogP contribution in [0.5, 0.6) is 0 Å². The second-order valence-corrected chi connectivity index (χ2v) is 8.85. The van der Waals surface area contributed by atoms with Crippen LogP contribution in [-0.2, 0) is 22.4 Å². The Bertz CT molecular complexity index is 989. The lowest BCUT2D eigenvalue weighted by atomic mass is 10.1. The highest BCUT2D eigenvalue weighted by molar-refractivity contribution is 7.14. The van der Waals surface area contributed by atoms with Crippen molar-refractivity contribution in [2.24, 2.45) is 0 Å². The Hall–Kier alpha value is -2.62. The summed E-state index contributed by atoms with van der Waals surface area (Å²) in [7, 11) is 3.76. The van der Waals surface area contributed by atoms with Crippen molar-refractivity contribution < 1.29 is 14.0 Å². The first-order valence-corrected chi connectivity index (χ1v) is 11.1. The van der Waals surface area contributed by atoms with Gasteiger partial charge in [-0.25, -0.2) is 9.37 Å². The third-order valence-corrected chi connectivity index (χ3v) is 6.09. The highest BCUT2D eigenvalue weighted by Crippen LogP contribution is 2.19. The molecule has 2 amide bonds.